The minimum Gasteiger partial charge on any atom is -0.484 e. The monoisotopic (exact) mass is 472 g/mol. The molecule has 0 aliphatic heterocycles. The van der Waals surface area contributed by atoms with Crippen LogP contribution in [0.5, 0.6) is 5.75 Å². The van der Waals surface area contributed by atoms with Gasteiger partial charge in [0.05, 0.1) is 10.9 Å². The molecule has 0 aliphatic rings. The Morgan fingerprint density at radius 3 is 2.74 bits per heavy atom. The van der Waals surface area contributed by atoms with E-state index < -0.39 is 0 Å². The van der Waals surface area contributed by atoms with Gasteiger partial charge >= 0.3 is 0 Å². The van der Waals surface area contributed by atoms with E-state index in [1.807, 2.05) is 54.7 Å². The lowest BCUT2D eigenvalue weighted by molar-refractivity contribution is -0.123. The zero-order chi connectivity index (χ0) is 23.5. The first-order valence-corrected chi connectivity index (χ1v) is 11.2. The molecule has 0 saturated carbocycles. The fourth-order valence-corrected chi connectivity index (χ4v) is 4.08. The number of halogens is 1. The van der Waals surface area contributed by atoms with E-state index in [0.717, 1.165) is 22.0 Å². The maximum Gasteiger partial charge on any atom is 0.257 e. The van der Waals surface area contributed by atoms with Crippen LogP contribution in [0.2, 0.25) is 5.02 Å². The van der Waals surface area contributed by atoms with Gasteiger partial charge in [0.15, 0.2) is 12.0 Å². The van der Waals surface area contributed by atoms with Crippen LogP contribution in [0.15, 0.2) is 88.4 Å². The van der Waals surface area contributed by atoms with Crippen molar-refractivity contribution in [2.45, 2.75) is 6.42 Å². The molecular weight excluding hydrogens is 452 g/mol. The van der Waals surface area contributed by atoms with Crippen molar-refractivity contribution in [2.75, 3.05) is 13.2 Å². The zero-order valence-corrected chi connectivity index (χ0v) is 18.9. The van der Waals surface area contributed by atoms with E-state index in [1.54, 1.807) is 18.2 Å². The quantitative estimate of drug-likeness (QED) is 0.335. The first kappa shape index (κ1) is 21.8. The number of ether oxygens (including phenoxy) is 1. The summed E-state index contributed by atoms with van der Waals surface area (Å²) in [5.41, 5.74) is 3.67. The van der Waals surface area contributed by atoms with Crippen LogP contribution in [0.25, 0.3) is 33.0 Å². The van der Waals surface area contributed by atoms with Crippen molar-refractivity contribution in [3.8, 4) is 16.9 Å². The van der Waals surface area contributed by atoms with Gasteiger partial charge in [-0.2, -0.15) is 0 Å². The first-order valence-electron chi connectivity index (χ1n) is 10.8. The van der Waals surface area contributed by atoms with E-state index in [9.17, 15) is 9.59 Å². The van der Waals surface area contributed by atoms with E-state index in [-0.39, 0.29) is 17.9 Å². The molecule has 0 atom stereocenters. The van der Waals surface area contributed by atoms with Gasteiger partial charge in [0.2, 0.25) is 0 Å². The SMILES string of the molecule is O=C(COc1ccc2c(=O)c(-c3ccccc3)coc2c1)NCCc1c[nH]c2ccc(Cl)cc12. The molecular formula is C27H21ClN2O4. The van der Waals surface area contributed by atoms with Gasteiger partial charge in [-0.1, -0.05) is 41.9 Å². The van der Waals surface area contributed by atoms with Crippen molar-refractivity contribution in [2.24, 2.45) is 0 Å². The highest BCUT2D eigenvalue weighted by Gasteiger charge is 2.11. The Labute approximate surface area is 200 Å². The standard InChI is InChI=1S/C27H21ClN2O4/c28-19-6-9-24-22(12-19)18(14-30-24)10-11-29-26(31)16-33-20-7-8-21-25(13-20)34-15-23(27(21)32)17-4-2-1-3-5-17/h1-9,12-15,30H,10-11,16H2,(H,29,31). The summed E-state index contributed by atoms with van der Waals surface area (Å²) in [6.07, 6.45) is 4.04. The third kappa shape index (κ3) is 4.54. The summed E-state index contributed by atoms with van der Waals surface area (Å²) in [4.78, 5) is 28.3. The first-order chi connectivity index (χ1) is 16.6. The Hall–Kier alpha value is -4.03. The molecule has 0 aliphatic carbocycles. The fourth-order valence-electron chi connectivity index (χ4n) is 3.91. The second-order valence-corrected chi connectivity index (χ2v) is 8.33. The van der Waals surface area contributed by atoms with Gasteiger partial charge in [-0.3, -0.25) is 9.59 Å². The molecule has 0 fully saturated rings. The molecule has 0 unspecified atom stereocenters. The van der Waals surface area contributed by atoms with Crippen LogP contribution >= 0.6 is 11.6 Å². The normalized spacial score (nSPS) is 11.1. The van der Waals surface area contributed by atoms with Crippen molar-refractivity contribution in [3.63, 3.8) is 0 Å². The Morgan fingerprint density at radius 2 is 1.88 bits per heavy atom. The predicted octanol–water partition coefficient (Wildman–Crippen LogP) is 5.33. The smallest absolute Gasteiger partial charge is 0.257 e. The van der Waals surface area contributed by atoms with Crippen LogP contribution < -0.4 is 15.5 Å². The van der Waals surface area contributed by atoms with E-state index in [4.69, 9.17) is 20.8 Å². The molecule has 3 aromatic carbocycles. The number of hydrogen-bond acceptors (Lipinski definition) is 4. The summed E-state index contributed by atoms with van der Waals surface area (Å²) >= 11 is 6.09. The minimum absolute atomic E-state index is 0.115. The molecule has 7 heteroatoms. The number of benzene rings is 3. The van der Waals surface area contributed by atoms with Gasteiger partial charge in [-0.25, -0.2) is 0 Å². The Kier molecular flexibility index (Phi) is 6.06. The molecule has 1 amide bonds. The fraction of sp³-hybridized carbons (Fsp3) is 0.111. The van der Waals surface area contributed by atoms with Crippen LogP contribution in [0.1, 0.15) is 5.56 Å². The van der Waals surface area contributed by atoms with Crippen LogP contribution in [-0.2, 0) is 11.2 Å². The van der Waals surface area contributed by atoms with Gasteiger partial charge < -0.3 is 19.5 Å². The summed E-state index contributed by atoms with van der Waals surface area (Å²) < 4.78 is 11.3. The van der Waals surface area contributed by atoms with Crippen molar-refractivity contribution >= 4 is 39.4 Å². The average molecular weight is 473 g/mol. The largest absolute Gasteiger partial charge is 0.484 e. The van der Waals surface area contributed by atoms with E-state index in [1.165, 1.54) is 6.26 Å². The van der Waals surface area contributed by atoms with Crippen molar-refractivity contribution in [1.82, 2.24) is 10.3 Å². The highest BCUT2D eigenvalue weighted by Crippen LogP contribution is 2.24. The molecule has 6 nitrogen and oxygen atoms in total. The summed E-state index contributed by atoms with van der Waals surface area (Å²) in [5.74, 6) is 0.211. The van der Waals surface area contributed by atoms with Gasteiger partial charge in [0.1, 0.15) is 17.6 Å². The summed E-state index contributed by atoms with van der Waals surface area (Å²) in [6, 6.07) is 20.0. The van der Waals surface area contributed by atoms with Gasteiger partial charge in [0, 0.05) is 34.7 Å². The highest BCUT2D eigenvalue weighted by molar-refractivity contribution is 6.31. The number of nitrogens with one attached hydrogen (secondary N) is 2. The van der Waals surface area contributed by atoms with Crippen molar-refractivity contribution in [1.29, 1.82) is 0 Å². The number of fused-ring (bicyclic) bond motifs is 2. The van der Waals surface area contributed by atoms with Gasteiger partial charge in [0.25, 0.3) is 5.91 Å². The van der Waals surface area contributed by atoms with Gasteiger partial charge in [-0.15, -0.1) is 0 Å². The van der Waals surface area contributed by atoms with Crippen LogP contribution in [0, 0.1) is 0 Å². The van der Waals surface area contributed by atoms with Crippen LogP contribution in [0.4, 0.5) is 0 Å². The second-order valence-electron chi connectivity index (χ2n) is 7.89. The molecule has 5 rings (SSSR count). The van der Waals surface area contributed by atoms with E-state index in [2.05, 4.69) is 10.3 Å². The number of H-pyrrole nitrogens is 1. The third-order valence-electron chi connectivity index (χ3n) is 5.65. The lowest BCUT2D eigenvalue weighted by atomic mass is 10.1. The predicted molar refractivity (Wildman–Crippen MR) is 133 cm³/mol. The lowest BCUT2D eigenvalue weighted by Crippen LogP contribution is -2.30. The Balaban J connectivity index is 1.19. The third-order valence-corrected chi connectivity index (χ3v) is 5.88. The van der Waals surface area contributed by atoms with Crippen molar-refractivity contribution < 1.29 is 13.9 Å². The van der Waals surface area contributed by atoms with E-state index in [0.29, 0.717) is 40.3 Å². The number of aromatic amines is 1. The minimum atomic E-state index is -0.237. The molecule has 2 heterocycles. The molecule has 2 aromatic heterocycles. The summed E-state index contributed by atoms with van der Waals surface area (Å²) in [7, 11) is 0. The number of aromatic nitrogens is 1. The van der Waals surface area contributed by atoms with Crippen LogP contribution in [-0.4, -0.2) is 24.0 Å². The number of carbonyl (C=O) groups is 1. The van der Waals surface area contributed by atoms with Gasteiger partial charge in [-0.05, 0) is 47.9 Å². The molecule has 0 radical (unpaired) electrons. The summed E-state index contributed by atoms with van der Waals surface area (Å²) in [5, 5.41) is 5.04. The number of hydrogen-bond donors (Lipinski definition) is 2. The molecule has 0 spiro atoms. The molecule has 2 N–H and O–H groups in total. The Morgan fingerprint density at radius 1 is 1.03 bits per heavy atom. The van der Waals surface area contributed by atoms with E-state index >= 15 is 0 Å². The second kappa shape index (κ2) is 9.45. The number of amides is 1. The maximum atomic E-state index is 12.8. The summed E-state index contributed by atoms with van der Waals surface area (Å²) in [6.45, 7) is 0.327. The topological polar surface area (TPSA) is 84.3 Å². The van der Waals surface area contributed by atoms with Crippen LogP contribution in [0.3, 0.4) is 0 Å². The zero-order valence-electron chi connectivity index (χ0n) is 18.1. The molecule has 34 heavy (non-hydrogen) atoms. The molecule has 0 saturated heterocycles. The Bertz CT molecular complexity index is 1540. The molecule has 170 valence electrons. The number of rotatable bonds is 7. The molecule has 5 aromatic rings. The van der Waals surface area contributed by atoms with Crippen molar-refractivity contribution in [3.05, 3.63) is 100.0 Å². The lowest BCUT2D eigenvalue weighted by Gasteiger charge is -2.08. The average Bonchev–Trinajstić information content (AvgIpc) is 3.25. The maximum absolute atomic E-state index is 12.8. The molecule has 0 bridgehead atoms. The number of carbonyl (C=O) groups excluding carboxylic acids is 1. The highest BCUT2D eigenvalue weighted by atomic mass is 35.5.